The van der Waals surface area contributed by atoms with Crippen LogP contribution in [0.25, 0.3) is 0 Å². The molecule has 124 valence electrons. The van der Waals surface area contributed by atoms with E-state index in [-0.39, 0.29) is 12.0 Å². The van der Waals surface area contributed by atoms with Gasteiger partial charge in [0, 0.05) is 17.7 Å². The number of primary amides is 1. The molecule has 1 aliphatic heterocycles. The molecule has 24 heavy (non-hydrogen) atoms. The van der Waals surface area contributed by atoms with E-state index in [0.29, 0.717) is 17.7 Å². The minimum Gasteiger partial charge on any atom is -0.491 e. The molecule has 2 aromatic carbocycles. The van der Waals surface area contributed by atoms with Gasteiger partial charge in [-0.1, -0.05) is 18.2 Å². The predicted molar refractivity (Wildman–Crippen MR) is 92.1 cm³/mol. The molecule has 5 heteroatoms. The fraction of sp³-hybridized carbons (Fsp3) is 0.263. The molecule has 0 saturated carbocycles. The largest absolute Gasteiger partial charge is 0.491 e. The van der Waals surface area contributed by atoms with E-state index in [1.165, 1.54) is 4.90 Å². The quantitative estimate of drug-likeness (QED) is 0.939. The summed E-state index contributed by atoms with van der Waals surface area (Å²) >= 11 is 0. The number of carbonyl (C=O) groups is 2. The Morgan fingerprint density at radius 2 is 1.79 bits per heavy atom. The third kappa shape index (κ3) is 2.97. The number of ether oxygens (including phenoxy) is 1. The molecule has 2 aromatic rings. The van der Waals surface area contributed by atoms with Crippen LogP contribution >= 0.6 is 0 Å². The molecule has 0 aromatic heterocycles. The molecular weight excluding hydrogens is 304 g/mol. The lowest BCUT2D eigenvalue weighted by Crippen LogP contribution is -2.46. The number of carbonyl (C=O) groups excluding carboxylic acids is 2. The van der Waals surface area contributed by atoms with E-state index in [1.54, 1.807) is 24.3 Å². The Morgan fingerprint density at radius 3 is 2.42 bits per heavy atom. The molecule has 1 atom stereocenters. The van der Waals surface area contributed by atoms with Crippen molar-refractivity contribution in [2.75, 3.05) is 4.90 Å². The molecule has 0 radical (unpaired) electrons. The van der Waals surface area contributed by atoms with E-state index in [2.05, 4.69) is 0 Å². The van der Waals surface area contributed by atoms with Crippen molar-refractivity contribution in [3.63, 3.8) is 0 Å². The maximum absolute atomic E-state index is 12.9. The lowest BCUT2D eigenvalue weighted by atomic mass is 10.1. The van der Waals surface area contributed by atoms with Crippen molar-refractivity contribution in [1.82, 2.24) is 0 Å². The van der Waals surface area contributed by atoms with Crippen molar-refractivity contribution in [2.45, 2.75) is 32.4 Å². The number of rotatable bonds is 4. The predicted octanol–water partition coefficient (Wildman–Crippen LogP) is 2.53. The van der Waals surface area contributed by atoms with Crippen molar-refractivity contribution in [1.29, 1.82) is 0 Å². The Bertz CT molecular complexity index is 768. The van der Waals surface area contributed by atoms with E-state index >= 15 is 0 Å². The molecule has 1 aliphatic rings. The summed E-state index contributed by atoms with van der Waals surface area (Å²) in [4.78, 5) is 26.2. The molecule has 0 spiro atoms. The van der Waals surface area contributed by atoms with Crippen molar-refractivity contribution in [3.8, 4) is 5.75 Å². The lowest BCUT2D eigenvalue weighted by molar-refractivity contribution is -0.119. The molecule has 1 heterocycles. The molecular formula is C19H20N2O3. The highest BCUT2D eigenvalue weighted by Crippen LogP contribution is 2.33. The van der Waals surface area contributed by atoms with Crippen LogP contribution < -0.4 is 15.4 Å². The number of fused-ring (bicyclic) bond motifs is 1. The normalized spacial score (nSPS) is 16.1. The number of nitrogens with two attached hydrogens (primary N) is 1. The Kier molecular flexibility index (Phi) is 4.25. The highest BCUT2D eigenvalue weighted by atomic mass is 16.5. The fourth-order valence-electron chi connectivity index (χ4n) is 2.95. The summed E-state index contributed by atoms with van der Waals surface area (Å²) in [6.45, 7) is 3.88. The number of para-hydroxylation sites is 1. The second-order valence-corrected chi connectivity index (χ2v) is 6.12. The van der Waals surface area contributed by atoms with Crippen LogP contribution in [0.15, 0.2) is 48.5 Å². The number of hydrogen-bond acceptors (Lipinski definition) is 3. The van der Waals surface area contributed by atoms with Gasteiger partial charge < -0.3 is 10.5 Å². The van der Waals surface area contributed by atoms with Crippen LogP contribution in [0.1, 0.15) is 29.8 Å². The maximum Gasteiger partial charge on any atom is 0.259 e. The summed E-state index contributed by atoms with van der Waals surface area (Å²) in [6, 6.07) is 13.8. The average Bonchev–Trinajstić information content (AvgIpc) is 2.94. The minimum absolute atomic E-state index is 0.0660. The van der Waals surface area contributed by atoms with Gasteiger partial charge in [-0.05, 0) is 49.7 Å². The first-order chi connectivity index (χ1) is 11.5. The second-order valence-electron chi connectivity index (χ2n) is 6.12. The van der Waals surface area contributed by atoms with Crippen LogP contribution in [0.2, 0.25) is 0 Å². The highest BCUT2D eigenvalue weighted by molar-refractivity contribution is 6.11. The van der Waals surface area contributed by atoms with Gasteiger partial charge in [-0.2, -0.15) is 0 Å². The van der Waals surface area contributed by atoms with Crippen LogP contribution in [0.3, 0.4) is 0 Å². The summed E-state index contributed by atoms with van der Waals surface area (Å²) in [5.74, 6) is -0.0334. The summed E-state index contributed by atoms with van der Waals surface area (Å²) in [7, 11) is 0. The van der Waals surface area contributed by atoms with Crippen LogP contribution in [-0.2, 0) is 11.2 Å². The summed E-state index contributed by atoms with van der Waals surface area (Å²) in [5, 5.41) is 0. The molecule has 0 bridgehead atoms. The number of benzene rings is 2. The minimum atomic E-state index is -0.651. The molecule has 0 unspecified atom stereocenters. The van der Waals surface area contributed by atoms with E-state index in [9.17, 15) is 9.59 Å². The smallest absolute Gasteiger partial charge is 0.259 e. The lowest BCUT2D eigenvalue weighted by Gasteiger charge is -2.23. The standard InChI is InChI=1S/C19H20N2O3/c1-12(2)24-15-9-7-13(8-10-15)19(23)21-16-6-4-3-5-14(16)11-17(21)18(20)22/h3-10,12,17H,11H2,1-2H3,(H2,20,22)/t17-/m0/s1. The topological polar surface area (TPSA) is 72.6 Å². The summed E-state index contributed by atoms with van der Waals surface area (Å²) < 4.78 is 5.59. The fourth-order valence-corrected chi connectivity index (χ4v) is 2.95. The monoisotopic (exact) mass is 324 g/mol. The van der Waals surface area contributed by atoms with Gasteiger partial charge in [0.25, 0.3) is 5.91 Å². The summed E-state index contributed by atoms with van der Waals surface area (Å²) in [6.07, 6.45) is 0.516. The zero-order valence-corrected chi connectivity index (χ0v) is 13.7. The van der Waals surface area contributed by atoms with Crippen LogP contribution in [0.4, 0.5) is 5.69 Å². The van der Waals surface area contributed by atoms with Gasteiger partial charge in [0.1, 0.15) is 11.8 Å². The van der Waals surface area contributed by atoms with Crippen LogP contribution in [-0.4, -0.2) is 24.0 Å². The SMILES string of the molecule is CC(C)Oc1ccc(C(=O)N2c3ccccc3C[C@H]2C(N)=O)cc1. The molecule has 3 rings (SSSR count). The third-order valence-corrected chi connectivity index (χ3v) is 4.00. The van der Waals surface area contributed by atoms with Crippen LogP contribution in [0.5, 0.6) is 5.75 Å². The number of nitrogens with zero attached hydrogens (tertiary/aromatic N) is 1. The first-order valence-corrected chi connectivity index (χ1v) is 7.95. The van der Waals surface area contributed by atoms with Gasteiger partial charge >= 0.3 is 0 Å². The Balaban J connectivity index is 1.91. The van der Waals surface area contributed by atoms with Crippen LogP contribution in [0, 0.1) is 0 Å². The zero-order valence-electron chi connectivity index (χ0n) is 13.7. The Labute approximate surface area is 141 Å². The van der Waals surface area contributed by atoms with E-state index < -0.39 is 11.9 Å². The highest BCUT2D eigenvalue weighted by Gasteiger charge is 2.37. The van der Waals surface area contributed by atoms with Crippen molar-refractivity contribution in [3.05, 3.63) is 59.7 Å². The Morgan fingerprint density at radius 1 is 1.12 bits per heavy atom. The Hall–Kier alpha value is -2.82. The molecule has 2 N–H and O–H groups in total. The van der Waals surface area contributed by atoms with Crippen molar-refractivity contribution < 1.29 is 14.3 Å². The second kappa shape index (κ2) is 6.35. The van der Waals surface area contributed by atoms with Crippen molar-refractivity contribution >= 4 is 17.5 Å². The molecule has 2 amide bonds. The average molecular weight is 324 g/mol. The first-order valence-electron chi connectivity index (χ1n) is 7.95. The first kappa shape index (κ1) is 16.1. The molecule has 0 saturated heterocycles. The maximum atomic E-state index is 12.9. The zero-order chi connectivity index (χ0) is 17.3. The number of amides is 2. The third-order valence-electron chi connectivity index (χ3n) is 4.00. The van der Waals surface area contributed by atoms with Gasteiger partial charge in [0.15, 0.2) is 0 Å². The van der Waals surface area contributed by atoms with Gasteiger partial charge in [-0.3, -0.25) is 14.5 Å². The van der Waals surface area contributed by atoms with E-state index in [0.717, 1.165) is 11.3 Å². The van der Waals surface area contributed by atoms with Gasteiger partial charge in [0.05, 0.1) is 6.10 Å². The van der Waals surface area contributed by atoms with E-state index in [1.807, 2.05) is 38.1 Å². The van der Waals surface area contributed by atoms with E-state index in [4.69, 9.17) is 10.5 Å². The molecule has 0 fully saturated rings. The summed E-state index contributed by atoms with van der Waals surface area (Å²) in [5.41, 5.74) is 7.70. The van der Waals surface area contributed by atoms with Gasteiger partial charge in [-0.25, -0.2) is 0 Å². The number of hydrogen-bond donors (Lipinski definition) is 1. The molecule has 5 nitrogen and oxygen atoms in total. The number of anilines is 1. The van der Waals surface area contributed by atoms with Gasteiger partial charge in [-0.15, -0.1) is 0 Å². The van der Waals surface area contributed by atoms with Gasteiger partial charge in [0.2, 0.25) is 5.91 Å². The van der Waals surface area contributed by atoms with Crippen molar-refractivity contribution in [2.24, 2.45) is 5.73 Å². The molecule has 0 aliphatic carbocycles.